The fraction of sp³-hybridized carbons (Fsp3) is 0.300. The lowest BCUT2D eigenvalue weighted by Crippen LogP contribution is -2.26. The van der Waals surface area contributed by atoms with Crippen molar-refractivity contribution < 1.29 is 9.18 Å². The summed E-state index contributed by atoms with van der Waals surface area (Å²) in [5, 5.41) is 0.310. The number of benzene rings is 1. The van der Waals surface area contributed by atoms with E-state index in [1.807, 2.05) is 0 Å². The van der Waals surface area contributed by atoms with Gasteiger partial charge in [-0.15, -0.1) is 0 Å². The van der Waals surface area contributed by atoms with E-state index < -0.39 is 0 Å². The molecular formula is C10H11BrFNO. The molecule has 0 bridgehead atoms. The van der Waals surface area contributed by atoms with E-state index in [-0.39, 0.29) is 11.7 Å². The van der Waals surface area contributed by atoms with Crippen LogP contribution in [0.25, 0.3) is 0 Å². The van der Waals surface area contributed by atoms with Crippen LogP contribution in [0.2, 0.25) is 0 Å². The van der Waals surface area contributed by atoms with Crippen molar-refractivity contribution in [2.45, 2.75) is 6.54 Å². The minimum atomic E-state index is -0.261. The third-order valence-electron chi connectivity index (χ3n) is 1.87. The largest absolute Gasteiger partial charge is 0.341 e. The Morgan fingerprint density at radius 1 is 1.43 bits per heavy atom. The lowest BCUT2D eigenvalue weighted by Gasteiger charge is -2.15. The van der Waals surface area contributed by atoms with Crippen molar-refractivity contribution in [1.29, 1.82) is 0 Å². The molecule has 1 aromatic carbocycles. The Kier molecular flexibility index (Phi) is 4.07. The lowest BCUT2D eigenvalue weighted by molar-refractivity contribution is -0.127. The van der Waals surface area contributed by atoms with E-state index in [4.69, 9.17) is 0 Å². The molecule has 0 spiro atoms. The van der Waals surface area contributed by atoms with Crippen LogP contribution in [-0.4, -0.2) is 23.2 Å². The Labute approximate surface area is 90.8 Å². The number of carbonyl (C=O) groups is 1. The summed E-state index contributed by atoms with van der Waals surface area (Å²) >= 11 is 3.09. The van der Waals surface area contributed by atoms with Gasteiger partial charge in [0, 0.05) is 13.6 Å². The van der Waals surface area contributed by atoms with Crippen LogP contribution in [-0.2, 0) is 11.3 Å². The maximum absolute atomic E-state index is 12.6. The quantitative estimate of drug-likeness (QED) is 0.763. The van der Waals surface area contributed by atoms with Gasteiger partial charge in [0.2, 0.25) is 5.91 Å². The van der Waals surface area contributed by atoms with Crippen LogP contribution in [0.1, 0.15) is 5.56 Å². The van der Waals surface area contributed by atoms with E-state index in [1.165, 1.54) is 12.1 Å². The predicted molar refractivity (Wildman–Crippen MR) is 56.7 cm³/mol. The van der Waals surface area contributed by atoms with Gasteiger partial charge in [0.05, 0.1) is 5.33 Å². The topological polar surface area (TPSA) is 20.3 Å². The van der Waals surface area contributed by atoms with Crippen LogP contribution in [0.5, 0.6) is 0 Å². The maximum atomic E-state index is 12.6. The standard InChI is InChI=1S/C10H11BrFNO/c1-13(10(14)6-11)7-8-2-4-9(12)5-3-8/h2-5H,6-7H2,1H3. The predicted octanol–water partition coefficient (Wildman–Crippen LogP) is 2.18. The molecule has 1 amide bonds. The third-order valence-corrected chi connectivity index (χ3v) is 2.35. The van der Waals surface area contributed by atoms with Crippen molar-refractivity contribution in [3.8, 4) is 0 Å². The number of amides is 1. The summed E-state index contributed by atoms with van der Waals surface area (Å²) in [6, 6.07) is 6.13. The second-order valence-electron chi connectivity index (χ2n) is 3.01. The van der Waals surface area contributed by atoms with Gasteiger partial charge in [-0.2, -0.15) is 0 Å². The number of alkyl halides is 1. The molecule has 0 saturated heterocycles. The second kappa shape index (κ2) is 5.10. The molecular weight excluding hydrogens is 249 g/mol. The summed E-state index contributed by atoms with van der Waals surface area (Å²) in [6.45, 7) is 0.505. The normalized spacial score (nSPS) is 9.93. The number of nitrogens with zero attached hydrogens (tertiary/aromatic N) is 1. The van der Waals surface area contributed by atoms with Crippen LogP contribution >= 0.6 is 15.9 Å². The van der Waals surface area contributed by atoms with Crippen LogP contribution < -0.4 is 0 Å². The first-order valence-corrected chi connectivity index (χ1v) is 5.30. The Hall–Kier alpha value is -0.900. The molecule has 0 atom stereocenters. The molecule has 0 saturated carbocycles. The highest BCUT2D eigenvalue weighted by Gasteiger charge is 2.06. The summed E-state index contributed by atoms with van der Waals surface area (Å²) < 4.78 is 12.6. The minimum Gasteiger partial charge on any atom is -0.341 e. The van der Waals surface area contributed by atoms with Crippen molar-refractivity contribution in [2.24, 2.45) is 0 Å². The number of hydrogen-bond donors (Lipinski definition) is 0. The first kappa shape index (κ1) is 11.2. The van der Waals surface area contributed by atoms with Gasteiger partial charge in [-0.25, -0.2) is 4.39 Å². The number of carbonyl (C=O) groups excluding carboxylic acids is 1. The number of hydrogen-bond acceptors (Lipinski definition) is 1. The van der Waals surface area contributed by atoms with Crippen LogP contribution in [0.3, 0.4) is 0 Å². The van der Waals surface area contributed by atoms with Gasteiger partial charge in [0.25, 0.3) is 0 Å². The van der Waals surface area contributed by atoms with Gasteiger partial charge in [-0.1, -0.05) is 28.1 Å². The molecule has 1 rings (SSSR count). The summed E-state index contributed by atoms with van der Waals surface area (Å²) in [5.41, 5.74) is 0.920. The fourth-order valence-corrected chi connectivity index (χ4v) is 1.48. The first-order valence-electron chi connectivity index (χ1n) is 4.18. The maximum Gasteiger partial charge on any atom is 0.233 e. The van der Waals surface area contributed by atoms with Crippen molar-refractivity contribution >= 4 is 21.8 Å². The van der Waals surface area contributed by atoms with E-state index in [2.05, 4.69) is 15.9 Å². The molecule has 0 aliphatic carbocycles. The highest BCUT2D eigenvalue weighted by molar-refractivity contribution is 9.09. The number of rotatable bonds is 3. The highest BCUT2D eigenvalue weighted by Crippen LogP contribution is 2.05. The molecule has 0 aromatic heterocycles. The molecule has 76 valence electrons. The molecule has 1 aromatic rings. The van der Waals surface area contributed by atoms with Gasteiger partial charge in [-0.05, 0) is 17.7 Å². The van der Waals surface area contributed by atoms with Gasteiger partial charge in [0.1, 0.15) is 5.82 Å². The highest BCUT2D eigenvalue weighted by atomic mass is 79.9. The molecule has 0 aliphatic heterocycles. The molecule has 2 nitrogen and oxygen atoms in total. The molecule has 0 radical (unpaired) electrons. The van der Waals surface area contributed by atoms with E-state index in [1.54, 1.807) is 24.1 Å². The minimum absolute atomic E-state index is 0.00863. The van der Waals surface area contributed by atoms with E-state index in [0.717, 1.165) is 5.56 Å². The average Bonchev–Trinajstić information content (AvgIpc) is 2.20. The third kappa shape index (κ3) is 3.10. The summed E-state index contributed by atoms with van der Waals surface area (Å²) in [5.74, 6) is -0.252. The summed E-state index contributed by atoms with van der Waals surface area (Å²) in [6.07, 6.45) is 0. The Morgan fingerprint density at radius 3 is 2.50 bits per heavy atom. The molecule has 0 fully saturated rings. The van der Waals surface area contributed by atoms with E-state index in [0.29, 0.717) is 11.9 Å². The van der Waals surface area contributed by atoms with Crippen molar-refractivity contribution in [1.82, 2.24) is 4.90 Å². The lowest BCUT2D eigenvalue weighted by atomic mass is 10.2. The van der Waals surface area contributed by atoms with Crippen LogP contribution in [0.15, 0.2) is 24.3 Å². The van der Waals surface area contributed by atoms with Gasteiger partial charge < -0.3 is 4.90 Å². The van der Waals surface area contributed by atoms with Crippen LogP contribution in [0.4, 0.5) is 4.39 Å². The zero-order chi connectivity index (χ0) is 10.6. The molecule has 0 aliphatic rings. The average molecular weight is 260 g/mol. The smallest absolute Gasteiger partial charge is 0.233 e. The van der Waals surface area contributed by atoms with Gasteiger partial charge in [0.15, 0.2) is 0 Å². The van der Waals surface area contributed by atoms with Crippen LogP contribution in [0, 0.1) is 5.82 Å². The van der Waals surface area contributed by atoms with Gasteiger partial charge >= 0.3 is 0 Å². The molecule has 14 heavy (non-hydrogen) atoms. The molecule has 0 unspecified atom stereocenters. The zero-order valence-electron chi connectivity index (χ0n) is 7.84. The Balaban J connectivity index is 2.60. The zero-order valence-corrected chi connectivity index (χ0v) is 9.42. The van der Waals surface area contributed by atoms with E-state index >= 15 is 0 Å². The molecule has 0 heterocycles. The summed E-state index contributed by atoms with van der Waals surface area (Å²) in [4.78, 5) is 12.8. The fourth-order valence-electron chi connectivity index (χ4n) is 1.05. The SMILES string of the molecule is CN(Cc1ccc(F)cc1)C(=O)CBr. The first-order chi connectivity index (χ1) is 6.63. The summed E-state index contributed by atoms with van der Waals surface area (Å²) in [7, 11) is 1.72. The Morgan fingerprint density at radius 2 is 2.00 bits per heavy atom. The second-order valence-corrected chi connectivity index (χ2v) is 3.57. The number of halogens is 2. The Bertz CT molecular complexity index is 312. The van der Waals surface area contributed by atoms with E-state index in [9.17, 15) is 9.18 Å². The van der Waals surface area contributed by atoms with Crippen molar-refractivity contribution in [2.75, 3.05) is 12.4 Å². The van der Waals surface area contributed by atoms with Crippen molar-refractivity contribution in [3.05, 3.63) is 35.6 Å². The monoisotopic (exact) mass is 259 g/mol. The molecule has 4 heteroatoms. The van der Waals surface area contributed by atoms with Gasteiger partial charge in [-0.3, -0.25) is 4.79 Å². The molecule has 0 N–H and O–H groups in total. The van der Waals surface area contributed by atoms with Crippen molar-refractivity contribution in [3.63, 3.8) is 0 Å².